The Bertz CT molecular complexity index is 647. The number of ketones is 1. The highest BCUT2D eigenvalue weighted by Gasteiger charge is 2.02. The predicted octanol–water partition coefficient (Wildman–Crippen LogP) is 3.96. The molecular weight excluding hydrogens is 250 g/mol. The molecule has 102 valence electrons. The smallest absolute Gasteiger partial charge is 0.159 e. The van der Waals surface area contributed by atoms with Crippen molar-refractivity contribution in [3.63, 3.8) is 0 Å². The molecule has 0 saturated heterocycles. The Morgan fingerprint density at radius 3 is 2.15 bits per heavy atom. The summed E-state index contributed by atoms with van der Waals surface area (Å²) in [6.07, 6.45) is 1.75. The Labute approximate surface area is 118 Å². The number of hydrogen-bond acceptors (Lipinski definition) is 3. The molecule has 3 nitrogen and oxygen atoms in total. The molecule has 0 amide bonds. The zero-order valence-electron chi connectivity index (χ0n) is 11.8. The van der Waals surface area contributed by atoms with Crippen LogP contribution in [-0.2, 0) is 0 Å². The standard InChI is InChI=1S/C17H17NO2/c1-11-8-14(9-12(2)17(11)20)10-18-16-6-4-15(5-7-16)13(3)19/h4-10,20H,1-3H3. The number of Topliss-reactive ketones (excluding diaryl/α,β-unsaturated/α-hetero) is 1. The third kappa shape index (κ3) is 3.12. The SMILES string of the molecule is CC(=O)c1ccc(N=Cc2cc(C)c(O)c(C)c2)cc1. The maximum absolute atomic E-state index is 11.2. The van der Waals surface area contributed by atoms with Crippen molar-refractivity contribution in [2.45, 2.75) is 20.8 Å². The van der Waals surface area contributed by atoms with Gasteiger partial charge in [-0.3, -0.25) is 9.79 Å². The summed E-state index contributed by atoms with van der Waals surface area (Å²) in [4.78, 5) is 15.6. The van der Waals surface area contributed by atoms with Gasteiger partial charge in [-0.2, -0.15) is 0 Å². The number of carbonyl (C=O) groups is 1. The molecule has 2 aromatic rings. The van der Waals surface area contributed by atoms with Crippen LogP contribution in [0, 0.1) is 13.8 Å². The minimum Gasteiger partial charge on any atom is -0.507 e. The lowest BCUT2D eigenvalue weighted by atomic mass is 10.1. The van der Waals surface area contributed by atoms with Crippen molar-refractivity contribution in [1.82, 2.24) is 0 Å². The van der Waals surface area contributed by atoms with Crippen molar-refractivity contribution in [1.29, 1.82) is 0 Å². The van der Waals surface area contributed by atoms with Crippen molar-refractivity contribution >= 4 is 17.7 Å². The number of aryl methyl sites for hydroxylation is 2. The number of carbonyl (C=O) groups excluding carboxylic acids is 1. The van der Waals surface area contributed by atoms with Crippen LogP contribution in [0.4, 0.5) is 5.69 Å². The molecule has 0 spiro atoms. The third-order valence-electron chi connectivity index (χ3n) is 3.15. The van der Waals surface area contributed by atoms with Gasteiger partial charge in [0.1, 0.15) is 5.75 Å². The average Bonchev–Trinajstić information content (AvgIpc) is 2.42. The Hall–Kier alpha value is -2.42. The molecule has 0 aromatic heterocycles. The number of benzene rings is 2. The fraction of sp³-hybridized carbons (Fsp3) is 0.176. The molecule has 0 unspecified atom stereocenters. The first-order chi connectivity index (χ1) is 9.47. The highest BCUT2D eigenvalue weighted by atomic mass is 16.3. The average molecular weight is 267 g/mol. The van der Waals surface area contributed by atoms with E-state index in [4.69, 9.17) is 0 Å². The molecule has 0 heterocycles. The fourth-order valence-electron chi connectivity index (χ4n) is 2.00. The van der Waals surface area contributed by atoms with Crippen molar-refractivity contribution in [2.75, 3.05) is 0 Å². The van der Waals surface area contributed by atoms with Gasteiger partial charge in [-0.05, 0) is 73.9 Å². The van der Waals surface area contributed by atoms with E-state index in [2.05, 4.69) is 4.99 Å². The first kappa shape index (κ1) is 14.0. The largest absolute Gasteiger partial charge is 0.507 e. The number of nitrogens with zero attached hydrogens (tertiary/aromatic N) is 1. The Balaban J connectivity index is 2.23. The lowest BCUT2D eigenvalue weighted by molar-refractivity contribution is 0.101. The van der Waals surface area contributed by atoms with Gasteiger partial charge in [0, 0.05) is 11.8 Å². The van der Waals surface area contributed by atoms with Crippen LogP contribution in [0.25, 0.3) is 0 Å². The van der Waals surface area contributed by atoms with Crippen LogP contribution in [0.2, 0.25) is 0 Å². The van der Waals surface area contributed by atoms with Crippen LogP contribution in [-0.4, -0.2) is 17.1 Å². The maximum Gasteiger partial charge on any atom is 0.159 e. The second kappa shape index (κ2) is 5.70. The molecule has 2 aromatic carbocycles. The number of aromatic hydroxyl groups is 1. The lowest BCUT2D eigenvalue weighted by Gasteiger charge is -2.04. The van der Waals surface area contributed by atoms with Crippen molar-refractivity contribution < 1.29 is 9.90 Å². The van der Waals surface area contributed by atoms with E-state index >= 15 is 0 Å². The molecule has 0 saturated carbocycles. The highest BCUT2D eigenvalue weighted by molar-refractivity contribution is 5.94. The molecule has 2 rings (SSSR count). The summed E-state index contributed by atoms with van der Waals surface area (Å²) in [5, 5.41) is 9.72. The van der Waals surface area contributed by atoms with Crippen LogP contribution < -0.4 is 0 Å². The minimum atomic E-state index is 0.0466. The van der Waals surface area contributed by atoms with Gasteiger partial charge in [-0.25, -0.2) is 0 Å². The predicted molar refractivity (Wildman–Crippen MR) is 81.3 cm³/mol. The Morgan fingerprint density at radius 2 is 1.65 bits per heavy atom. The molecule has 0 aliphatic carbocycles. The van der Waals surface area contributed by atoms with E-state index < -0.39 is 0 Å². The number of aliphatic imine (C=N–C) groups is 1. The topological polar surface area (TPSA) is 49.7 Å². The molecule has 3 heteroatoms. The van der Waals surface area contributed by atoms with Gasteiger partial charge >= 0.3 is 0 Å². The summed E-state index contributed by atoms with van der Waals surface area (Å²) in [5.41, 5.74) is 4.07. The second-order valence-electron chi connectivity index (χ2n) is 4.86. The van der Waals surface area contributed by atoms with E-state index in [1.165, 1.54) is 0 Å². The maximum atomic E-state index is 11.2. The van der Waals surface area contributed by atoms with Crippen LogP contribution in [0.5, 0.6) is 5.75 Å². The summed E-state index contributed by atoms with van der Waals surface area (Å²) < 4.78 is 0. The Morgan fingerprint density at radius 1 is 1.10 bits per heavy atom. The monoisotopic (exact) mass is 267 g/mol. The lowest BCUT2D eigenvalue weighted by Crippen LogP contribution is -1.90. The number of rotatable bonds is 3. The normalized spacial score (nSPS) is 10.9. The third-order valence-corrected chi connectivity index (χ3v) is 3.15. The van der Waals surface area contributed by atoms with Crippen molar-refractivity contribution in [3.8, 4) is 5.75 Å². The summed E-state index contributed by atoms with van der Waals surface area (Å²) in [6, 6.07) is 10.9. The van der Waals surface area contributed by atoms with Crippen LogP contribution in [0.1, 0.15) is 34.0 Å². The molecule has 20 heavy (non-hydrogen) atoms. The number of phenols is 1. The van der Waals surface area contributed by atoms with Crippen molar-refractivity contribution in [2.24, 2.45) is 4.99 Å². The minimum absolute atomic E-state index is 0.0466. The quantitative estimate of drug-likeness (QED) is 0.676. The molecule has 0 radical (unpaired) electrons. The summed E-state index contributed by atoms with van der Waals surface area (Å²) >= 11 is 0. The van der Waals surface area contributed by atoms with E-state index in [0.29, 0.717) is 11.3 Å². The van der Waals surface area contributed by atoms with E-state index in [9.17, 15) is 9.90 Å². The molecule has 0 aliphatic heterocycles. The van der Waals surface area contributed by atoms with E-state index in [1.807, 2.05) is 38.1 Å². The zero-order chi connectivity index (χ0) is 14.7. The molecule has 1 N–H and O–H groups in total. The van der Waals surface area contributed by atoms with E-state index in [1.54, 1.807) is 25.3 Å². The van der Waals surface area contributed by atoms with Crippen LogP contribution in [0.15, 0.2) is 41.4 Å². The Kier molecular flexibility index (Phi) is 3.99. The molecule has 0 atom stereocenters. The zero-order valence-corrected chi connectivity index (χ0v) is 11.8. The first-order valence-corrected chi connectivity index (χ1v) is 6.42. The highest BCUT2D eigenvalue weighted by Crippen LogP contribution is 2.22. The van der Waals surface area contributed by atoms with Gasteiger partial charge in [0.2, 0.25) is 0 Å². The second-order valence-corrected chi connectivity index (χ2v) is 4.86. The van der Waals surface area contributed by atoms with E-state index in [-0.39, 0.29) is 5.78 Å². The van der Waals surface area contributed by atoms with Crippen molar-refractivity contribution in [3.05, 3.63) is 58.7 Å². The number of phenolic OH excluding ortho intramolecular Hbond substituents is 1. The van der Waals surface area contributed by atoms with Gasteiger partial charge in [0.25, 0.3) is 0 Å². The van der Waals surface area contributed by atoms with Gasteiger partial charge in [-0.1, -0.05) is 0 Å². The summed E-state index contributed by atoms with van der Waals surface area (Å²) in [6.45, 7) is 5.27. The van der Waals surface area contributed by atoms with Gasteiger partial charge in [-0.15, -0.1) is 0 Å². The fourth-order valence-corrected chi connectivity index (χ4v) is 2.00. The van der Waals surface area contributed by atoms with E-state index in [0.717, 1.165) is 22.4 Å². The van der Waals surface area contributed by atoms with Crippen LogP contribution >= 0.6 is 0 Å². The molecule has 0 bridgehead atoms. The number of hydrogen-bond donors (Lipinski definition) is 1. The molecule has 0 fully saturated rings. The van der Waals surface area contributed by atoms with Gasteiger partial charge in [0.05, 0.1) is 5.69 Å². The van der Waals surface area contributed by atoms with Gasteiger partial charge in [0.15, 0.2) is 5.78 Å². The van der Waals surface area contributed by atoms with Gasteiger partial charge < -0.3 is 5.11 Å². The molecule has 0 aliphatic rings. The first-order valence-electron chi connectivity index (χ1n) is 6.42. The summed E-state index contributed by atoms with van der Waals surface area (Å²) in [7, 11) is 0. The molecular formula is C17H17NO2. The summed E-state index contributed by atoms with van der Waals surface area (Å²) in [5.74, 6) is 0.373. The van der Waals surface area contributed by atoms with Crippen LogP contribution in [0.3, 0.4) is 0 Å².